The van der Waals surface area contributed by atoms with Crippen LogP contribution in [0.1, 0.15) is 73.1 Å². The standard InChI is InChI=1S/C27H23N2O.C19H26GeN.Ir/c1-17-10-11-20(23-16-19(14-15-28-23)27(2,3)4)25-24(17)21-12-13-22(29-26(21)30-25)18-8-6-5-7-9-18;1-19(2,3)13-16-12-18(15-10-8-7-9-11-15)21-14-17(16)20(4,5)6;/h5-10,12-16H,1-4H3;7-10,12,14H,13H2,1-6H3;/q2*-1;/i2D3,3D3,4D3;13D2;. The summed E-state index contributed by atoms with van der Waals surface area (Å²) in [6.45, 7) is -2.39. The number of hydrogen-bond donors (Lipinski definition) is 0. The van der Waals surface area contributed by atoms with Crippen molar-refractivity contribution >= 4 is 39.7 Å². The number of aromatic nitrogens is 3. The molecule has 7 rings (SSSR count). The minimum absolute atomic E-state index is 0. The number of hydrogen-bond acceptors (Lipinski definition) is 4. The Bertz CT molecular complexity index is 2680. The predicted molar refractivity (Wildman–Crippen MR) is 217 cm³/mol. The van der Waals surface area contributed by atoms with Crippen molar-refractivity contribution in [2.45, 2.75) is 77.3 Å². The maximum Gasteiger partial charge on any atom is 0 e. The molecule has 1 radical (unpaired) electrons. The molecule has 4 heterocycles. The van der Waals surface area contributed by atoms with Crippen molar-refractivity contribution in [3.63, 3.8) is 0 Å². The molecule has 0 N–H and O–H groups in total. The summed E-state index contributed by atoms with van der Waals surface area (Å²) in [6, 6.07) is 33.4. The molecule has 0 saturated carbocycles. The number of pyridine rings is 3. The predicted octanol–water partition coefficient (Wildman–Crippen LogP) is 11.8. The fraction of sp³-hybridized carbons (Fsp3) is 0.283. The van der Waals surface area contributed by atoms with Crippen LogP contribution in [0.4, 0.5) is 0 Å². The zero-order valence-electron chi connectivity index (χ0n) is 41.4. The van der Waals surface area contributed by atoms with E-state index in [-0.39, 0.29) is 25.8 Å². The second kappa shape index (κ2) is 15.6. The molecule has 7 aromatic rings. The zero-order valence-corrected chi connectivity index (χ0v) is 34.9. The van der Waals surface area contributed by atoms with E-state index >= 15 is 0 Å². The summed E-state index contributed by atoms with van der Waals surface area (Å²) in [5, 5.41) is 1.49. The molecule has 0 aliphatic heterocycles. The Morgan fingerprint density at radius 2 is 1.60 bits per heavy atom. The minimum Gasteiger partial charge on any atom is 0 e. The summed E-state index contributed by atoms with van der Waals surface area (Å²) < 4.78 is 97.2. The first-order valence-electron chi connectivity index (χ1n) is 22.4. The first-order chi connectivity index (χ1) is 28.6. The van der Waals surface area contributed by atoms with Crippen LogP contribution in [0.2, 0.25) is 17.3 Å². The average Bonchev–Trinajstić information content (AvgIpc) is 3.56. The van der Waals surface area contributed by atoms with E-state index in [4.69, 9.17) is 19.5 Å². The largest absolute Gasteiger partial charge is 0 e. The Hall–Kier alpha value is -3.90. The van der Waals surface area contributed by atoms with Crippen LogP contribution in [0.25, 0.3) is 55.8 Å². The summed E-state index contributed by atoms with van der Waals surface area (Å²) in [7, 11) is 0. The first-order valence-corrected chi connectivity index (χ1v) is 24.2. The monoisotopic (exact) mass is 937 g/mol. The molecule has 0 aliphatic rings. The van der Waals surface area contributed by atoms with Crippen molar-refractivity contribution in [1.29, 1.82) is 0 Å². The fourth-order valence-corrected chi connectivity index (χ4v) is 8.81. The Kier molecular flexibility index (Phi) is 8.04. The third-order valence-corrected chi connectivity index (χ3v) is 12.6. The fourth-order valence-electron chi connectivity index (χ4n) is 5.89. The molecule has 0 saturated heterocycles. The maximum absolute atomic E-state index is 8.76. The van der Waals surface area contributed by atoms with E-state index in [9.17, 15) is 0 Å². The smallest absolute Gasteiger partial charge is 0 e. The van der Waals surface area contributed by atoms with Gasteiger partial charge in [0, 0.05) is 49.6 Å². The van der Waals surface area contributed by atoms with E-state index in [0.717, 1.165) is 49.2 Å². The van der Waals surface area contributed by atoms with Crippen molar-refractivity contribution < 1.29 is 39.6 Å². The van der Waals surface area contributed by atoms with Crippen molar-refractivity contribution in [3.05, 3.63) is 132 Å². The first kappa shape index (κ1) is 26.8. The summed E-state index contributed by atoms with van der Waals surface area (Å²) >= 11 is -2.24. The number of aryl methyl sites for hydroxylation is 1. The second-order valence-electron chi connectivity index (χ2n) is 14.8. The van der Waals surface area contributed by atoms with Crippen LogP contribution in [-0.2, 0) is 31.9 Å². The molecule has 52 heavy (non-hydrogen) atoms. The van der Waals surface area contributed by atoms with Gasteiger partial charge in [0.05, 0.1) is 11.3 Å². The quantitative estimate of drug-likeness (QED) is 0.127. The molecule has 0 atom stereocenters. The van der Waals surface area contributed by atoms with Crippen LogP contribution >= 0.6 is 0 Å². The molecule has 0 amide bonds. The molecule has 0 aliphatic carbocycles. The average molecular weight is 936 g/mol. The van der Waals surface area contributed by atoms with Gasteiger partial charge < -0.3 is 9.40 Å². The summed E-state index contributed by atoms with van der Waals surface area (Å²) in [5.74, 6) is 6.86. The van der Waals surface area contributed by atoms with E-state index in [1.54, 1.807) is 6.07 Å². The van der Waals surface area contributed by atoms with Gasteiger partial charge in [-0.15, -0.1) is 17.7 Å². The van der Waals surface area contributed by atoms with Gasteiger partial charge in [0.2, 0.25) is 5.71 Å². The van der Waals surface area contributed by atoms with E-state index in [2.05, 4.69) is 44.4 Å². The third-order valence-electron chi connectivity index (χ3n) is 8.34. The molecule has 3 aromatic carbocycles. The Morgan fingerprint density at radius 1 is 0.846 bits per heavy atom. The van der Waals surface area contributed by atoms with Crippen LogP contribution in [0.3, 0.4) is 0 Å². The SMILES string of the molecule is [2H]C([2H])([2H])C(c1ccnc(-c2[c-]cc(C)c3c2oc2nc(-c4ccccc4)ccc23)c1)(C([2H])([2H])[2H])C([2H])([2H])[2H].[2H]C([2H])(c1cc(-c2[c-]cccc2)nc[c]1[Ge]([CH3])([CH3])[CH3])C(C)(C)C.[Ir]. The Labute approximate surface area is 341 Å². The number of nitrogens with zero attached hydrogens (tertiary/aromatic N) is 3. The molecular weight excluding hydrogens is 875 g/mol. The molecule has 6 heteroatoms. The molecule has 0 unspecified atom stereocenters. The minimum atomic E-state index is -3.38. The zero-order chi connectivity index (χ0) is 45.8. The van der Waals surface area contributed by atoms with Crippen molar-refractivity contribution in [1.82, 2.24) is 15.0 Å². The topological polar surface area (TPSA) is 51.8 Å². The number of benzene rings is 3. The number of furan rings is 1. The molecule has 0 bridgehead atoms. The number of fused-ring (bicyclic) bond motifs is 3. The molecule has 4 aromatic heterocycles. The molecule has 0 spiro atoms. The molecule has 4 nitrogen and oxygen atoms in total. The van der Waals surface area contributed by atoms with Gasteiger partial charge in [-0.25, -0.2) is 4.98 Å². The van der Waals surface area contributed by atoms with Gasteiger partial charge in [-0.2, -0.15) is 0 Å². The summed E-state index contributed by atoms with van der Waals surface area (Å²) in [4.78, 5) is 13.6. The maximum atomic E-state index is 8.76. The van der Waals surface area contributed by atoms with Crippen LogP contribution in [0, 0.1) is 24.5 Å². The normalized spacial score (nSPS) is 16.1. The molecule has 269 valence electrons. The number of rotatable bonds is 5. The third kappa shape index (κ3) is 9.00. The summed E-state index contributed by atoms with van der Waals surface area (Å²) in [5.41, 5.74) is 2.15. The van der Waals surface area contributed by atoms with Gasteiger partial charge in [0.15, 0.2) is 0 Å². The van der Waals surface area contributed by atoms with Crippen LogP contribution in [0.5, 0.6) is 0 Å². The Morgan fingerprint density at radius 3 is 2.27 bits per heavy atom. The van der Waals surface area contributed by atoms with Crippen LogP contribution in [0.15, 0.2) is 108 Å². The summed E-state index contributed by atoms with van der Waals surface area (Å²) in [6.07, 6.45) is 1.71. The van der Waals surface area contributed by atoms with Crippen molar-refractivity contribution in [2.75, 3.05) is 0 Å². The molecule has 0 fully saturated rings. The van der Waals surface area contributed by atoms with Crippen LogP contribution in [-0.4, -0.2) is 28.2 Å². The van der Waals surface area contributed by atoms with Crippen molar-refractivity contribution in [3.8, 4) is 33.8 Å². The van der Waals surface area contributed by atoms with E-state index in [1.807, 2.05) is 107 Å². The molecular formula is C46H49GeIrN3O-2. The van der Waals surface area contributed by atoms with E-state index < -0.39 is 56.6 Å². The second-order valence-corrected chi connectivity index (χ2v) is 25.3. The Balaban J connectivity index is 0.000000267. The van der Waals surface area contributed by atoms with Crippen LogP contribution < -0.4 is 4.40 Å². The van der Waals surface area contributed by atoms with Gasteiger partial charge in [0.1, 0.15) is 0 Å². The van der Waals surface area contributed by atoms with Gasteiger partial charge >= 0.3 is 135 Å². The van der Waals surface area contributed by atoms with Gasteiger partial charge in [0.25, 0.3) is 0 Å². The van der Waals surface area contributed by atoms with Gasteiger partial charge in [-0.1, -0.05) is 74.8 Å². The van der Waals surface area contributed by atoms with Crippen molar-refractivity contribution in [2.24, 2.45) is 5.41 Å². The van der Waals surface area contributed by atoms with Gasteiger partial charge in [-0.05, 0) is 34.9 Å². The van der Waals surface area contributed by atoms with Gasteiger partial charge in [-0.3, -0.25) is 0 Å². The van der Waals surface area contributed by atoms with E-state index in [0.29, 0.717) is 22.6 Å². The van der Waals surface area contributed by atoms with E-state index in [1.165, 1.54) is 12.3 Å².